The van der Waals surface area contributed by atoms with Gasteiger partial charge in [0.15, 0.2) is 5.12 Å². The molecule has 0 aliphatic heterocycles. The van der Waals surface area contributed by atoms with Crippen LogP contribution in [0.25, 0.3) is 0 Å². The minimum atomic E-state index is -1.54. The molecule has 200 valence electrons. The molecule has 5 amide bonds. The highest BCUT2D eigenvalue weighted by atomic mass is 32.2. The Balaban J connectivity index is 4.67. The van der Waals surface area contributed by atoms with Crippen molar-refractivity contribution in [2.75, 3.05) is 39.2 Å². The molecule has 0 aliphatic rings. The molecule has 0 heterocycles. The zero-order valence-electron chi connectivity index (χ0n) is 19.8. The maximum atomic E-state index is 12.4. The van der Waals surface area contributed by atoms with E-state index in [1.807, 2.05) is 0 Å². The number of hydrogen-bond acceptors (Lipinski definition) is 10. The number of carbonyl (C=O) groups is 6. The van der Waals surface area contributed by atoms with Gasteiger partial charge in [-0.3, -0.25) is 28.8 Å². The zero-order valence-corrected chi connectivity index (χ0v) is 20.6. The molecular formula is C20H35N5O9S. The third-order valence-corrected chi connectivity index (χ3v) is 5.34. The minimum Gasteiger partial charge on any atom is -0.394 e. The van der Waals surface area contributed by atoms with Crippen molar-refractivity contribution >= 4 is 46.4 Å². The Morgan fingerprint density at radius 1 is 0.714 bits per heavy atom. The lowest BCUT2D eigenvalue weighted by Gasteiger charge is -2.23. The molecule has 14 nitrogen and oxygen atoms in total. The van der Waals surface area contributed by atoms with E-state index in [0.29, 0.717) is 37.4 Å². The third kappa shape index (κ3) is 14.3. The molecule has 0 aromatic heterocycles. The second-order valence-electron chi connectivity index (χ2n) is 7.35. The van der Waals surface area contributed by atoms with E-state index < -0.39 is 61.6 Å². The molecule has 3 unspecified atom stereocenters. The molecule has 0 rings (SSSR count). The third-order valence-electron chi connectivity index (χ3n) is 4.53. The van der Waals surface area contributed by atoms with Crippen molar-refractivity contribution in [1.82, 2.24) is 26.6 Å². The Hall–Kier alpha value is -2.75. The second-order valence-corrected chi connectivity index (χ2v) is 8.50. The first kappa shape index (κ1) is 32.2. The Morgan fingerprint density at radius 2 is 1.23 bits per heavy atom. The fourth-order valence-electron chi connectivity index (χ4n) is 2.58. The van der Waals surface area contributed by atoms with Crippen LogP contribution in [0.15, 0.2) is 0 Å². The molecule has 15 heteroatoms. The Morgan fingerprint density at radius 3 is 1.71 bits per heavy atom. The molecule has 0 aromatic rings. The van der Waals surface area contributed by atoms with Gasteiger partial charge in [-0.25, -0.2) is 0 Å². The largest absolute Gasteiger partial charge is 0.394 e. The number of nitrogens with one attached hydrogen (secondary N) is 5. The summed E-state index contributed by atoms with van der Waals surface area (Å²) >= 11 is 0.704. The summed E-state index contributed by atoms with van der Waals surface area (Å²) in [6.45, 7) is -0.918. The lowest BCUT2D eigenvalue weighted by molar-refractivity contribution is -0.135. The van der Waals surface area contributed by atoms with Gasteiger partial charge in [-0.05, 0) is 12.8 Å². The van der Waals surface area contributed by atoms with Gasteiger partial charge < -0.3 is 41.9 Å². The van der Waals surface area contributed by atoms with E-state index in [0.717, 1.165) is 0 Å². The van der Waals surface area contributed by atoms with Gasteiger partial charge in [-0.15, -0.1) is 0 Å². The molecule has 35 heavy (non-hydrogen) atoms. The Bertz CT molecular complexity index is 738. The summed E-state index contributed by atoms with van der Waals surface area (Å²) in [5.41, 5.74) is 0. The van der Waals surface area contributed by atoms with E-state index in [2.05, 4.69) is 26.6 Å². The predicted octanol–water partition coefficient (Wildman–Crippen LogP) is -3.88. The summed E-state index contributed by atoms with van der Waals surface area (Å²) in [6.07, 6.45) is 2.26. The fourth-order valence-corrected chi connectivity index (χ4v) is 2.99. The van der Waals surface area contributed by atoms with E-state index >= 15 is 0 Å². The number of hydrogen-bond donors (Lipinski definition) is 8. The second kappa shape index (κ2) is 18.6. The van der Waals surface area contributed by atoms with Gasteiger partial charge in [0.25, 0.3) is 0 Å². The maximum absolute atomic E-state index is 12.4. The van der Waals surface area contributed by atoms with Crippen molar-refractivity contribution in [3.63, 3.8) is 0 Å². The summed E-state index contributed by atoms with van der Waals surface area (Å²) in [4.78, 5) is 70.7. The monoisotopic (exact) mass is 521 g/mol. The van der Waals surface area contributed by atoms with Crippen molar-refractivity contribution < 1.29 is 44.1 Å². The molecule has 0 fully saturated rings. The average molecular weight is 522 g/mol. The average Bonchev–Trinajstić information content (AvgIpc) is 2.84. The molecule has 3 atom stereocenters. The highest BCUT2D eigenvalue weighted by Crippen LogP contribution is 2.01. The van der Waals surface area contributed by atoms with Crippen molar-refractivity contribution in [3.8, 4) is 0 Å². The maximum Gasteiger partial charge on any atom is 0.245 e. The van der Waals surface area contributed by atoms with Crippen LogP contribution in [0.3, 0.4) is 0 Å². The number of carbonyl (C=O) groups excluding carboxylic acids is 6. The zero-order chi connectivity index (χ0) is 26.8. The quantitative estimate of drug-likeness (QED) is 0.0869. The van der Waals surface area contributed by atoms with Crippen LogP contribution in [0.5, 0.6) is 0 Å². The number of amides is 5. The standard InChI is InChI=1S/C20H35N5O9S/c1-12(29)35-11-17(31)23-14(9-27)19(33)25-15(10-28)20(34)24-13(8-26)18(32)22-7-5-3-4-6-16(30)21-2/h13-15,26-28H,3-11H2,1-2H3,(H,21,30)(H,22,32)(H,23,31)(H,24,34)(H,25,33). The van der Waals surface area contributed by atoms with Crippen LogP contribution >= 0.6 is 11.8 Å². The summed E-state index contributed by atoms with van der Waals surface area (Å²) in [6, 6.07) is -4.33. The molecule has 0 radical (unpaired) electrons. The molecule has 0 saturated carbocycles. The number of rotatable bonds is 17. The van der Waals surface area contributed by atoms with Gasteiger partial charge in [0, 0.05) is 26.9 Å². The van der Waals surface area contributed by atoms with Gasteiger partial charge >= 0.3 is 0 Å². The van der Waals surface area contributed by atoms with Crippen LogP contribution in [-0.4, -0.2) is 107 Å². The number of aliphatic hydroxyl groups excluding tert-OH is 3. The number of aliphatic hydroxyl groups is 3. The topological polar surface area (TPSA) is 223 Å². The SMILES string of the molecule is CNC(=O)CCCCCNC(=O)C(CO)NC(=O)C(CO)NC(=O)C(CO)NC(=O)CSC(C)=O. The van der Waals surface area contributed by atoms with Gasteiger partial charge in [0.2, 0.25) is 29.5 Å². The summed E-state index contributed by atoms with van der Waals surface area (Å²) in [7, 11) is 1.54. The molecule has 0 spiro atoms. The normalized spacial score (nSPS) is 13.1. The van der Waals surface area contributed by atoms with Crippen molar-refractivity contribution in [2.24, 2.45) is 0 Å². The van der Waals surface area contributed by atoms with E-state index in [-0.39, 0.29) is 23.3 Å². The first-order valence-corrected chi connectivity index (χ1v) is 11.9. The van der Waals surface area contributed by atoms with Gasteiger partial charge in [-0.2, -0.15) is 0 Å². The van der Waals surface area contributed by atoms with Crippen LogP contribution in [0.1, 0.15) is 32.6 Å². The van der Waals surface area contributed by atoms with Gasteiger partial charge in [0.1, 0.15) is 18.1 Å². The minimum absolute atomic E-state index is 0.0812. The fraction of sp³-hybridized carbons (Fsp3) is 0.700. The van der Waals surface area contributed by atoms with E-state index in [1.165, 1.54) is 6.92 Å². The summed E-state index contributed by atoms with van der Waals surface area (Å²) in [5, 5.41) is 39.6. The van der Waals surface area contributed by atoms with Crippen LogP contribution < -0.4 is 26.6 Å². The molecule has 0 saturated heterocycles. The predicted molar refractivity (Wildman–Crippen MR) is 126 cm³/mol. The lowest BCUT2D eigenvalue weighted by atomic mass is 10.2. The van der Waals surface area contributed by atoms with Crippen molar-refractivity contribution in [1.29, 1.82) is 0 Å². The van der Waals surface area contributed by atoms with Gasteiger partial charge in [-0.1, -0.05) is 18.2 Å². The van der Waals surface area contributed by atoms with E-state index in [1.54, 1.807) is 7.05 Å². The first-order chi connectivity index (χ1) is 16.6. The summed E-state index contributed by atoms with van der Waals surface area (Å²) in [5.74, 6) is -3.69. The molecular weight excluding hydrogens is 486 g/mol. The summed E-state index contributed by atoms with van der Waals surface area (Å²) < 4.78 is 0. The van der Waals surface area contributed by atoms with Gasteiger partial charge in [0.05, 0.1) is 25.6 Å². The van der Waals surface area contributed by atoms with Crippen molar-refractivity contribution in [2.45, 2.75) is 50.7 Å². The number of thioether (sulfide) groups is 1. The van der Waals surface area contributed by atoms with Crippen LogP contribution in [0, 0.1) is 0 Å². The Labute approximate surface area is 207 Å². The highest BCUT2D eigenvalue weighted by molar-refractivity contribution is 8.14. The smallest absolute Gasteiger partial charge is 0.245 e. The number of unbranched alkanes of at least 4 members (excludes halogenated alkanes) is 2. The van der Waals surface area contributed by atoms with E-state index in [4.69, 9.17) is 0 Å². The first-order valence-electron chi connectivity index (χ1n) is 10.9. The van der Waals surface area contributed by atoms with Crippen LogP contribution in [0.4, 0.5) is 0 Å². The van der Waals surface area contributed by atoms with Crippen LogP contribution in [-0.2, 0) is 28.8 Å². The van der Waals surface area contributed by atoms with Crippen molar-refractivity contribution in [3.05, 3.63) is 0 Å². The van der Waals surface area contributed by atoms with Crippen LogP contribution in [0.2, 0.25) is 0 Å². The Kier molecular flexibility index (Phi) is 17.1. The molecule has 0 aliphatic carbocycles. The molecule has 0 bridgehead atoms. The highest BCUT2D eigenvalue weighted by Gasteiger charge is 2.28. The lowest BCUT2D eigenvalue weighted by Crippen LogP contribution is -2.59. The molecule has 0 aromatic carbocycles. The van der Waals surface area contributed by atoms with E-state index in [9.17, 15) is 44.1 Å². The molecule has 8 N–H and O–H groups in total.